The van der Waals surface area contributed by atoms with Crippen molar-refractivity contribution < 1.29 is 4.74 Å². The summed E-state index contributed by atoms with van der Waals surface area (Å²) in [7, 11) is 4.17. The van der Waals surface area contributed by atoms with Gasteiger partial charge in [-0.2, -0.15) is 0 Å². The van der Waals surface area contributed by atoms with E-state index in [9.17, 15) is 0 Å². The smallest absolute Gasteiger partial charge is 0.0509 e. The van der Waals surface area contributed by atoms with E-state index in [1.165, 1.54) is 6.42 Å². The van der Waals surface area contributed by atoms with Crippen LogP contribution >= 0.6 is 0 Å². The lowest BCUT2D eigenvalue weighted by Gasteiger charge is -2.43. The molecule has 14 heavy (non-hydrogen) atoms. The molecule has 1 saturated heterocycles. The predicted octanol–water partition coefficient (Wildman–Crippen LogP) is 1.08. The van der Waals surface area contributed by atoms with E-state index in [0.717, 1.165) is 19.6 Å². The Morgan fingerprint density at radius 2 is 2.07 bits per heavy atom. The lowest BCUT2D eigenvalue weighted by Crippen LogP contribution is -2.57. The molecule has 0 amide bonds. The van der Waals surface area contributed by atoms with Crippen molar-refractivity contribution in [3.8, 4) is 0 Å². The summed E-state index contributed by atoms with van der Waals surface area (Å²) >= 11 is 0. The molecule has 3 heteroatoms. The molecule has 0 bridgehead atoms. The lowest BCUT2D eigenvalue weighted by atomic mass is 9.81. The second kappa shape index (κ2) is 4.60. The van der Waals surface area contributed by atoms with Gasteiger partial charge in [-0.3, -0.25) is 0 Å². The lowest BCUT2D eigenvalue weighted by molar-refractivity contribution is 0.0154. The van der Waals surface area contributed by atoms with Crippen molar-refractivity contribution in [2.24, 2.45) is 11.7 Å². The molecule has 1 aliphatic heterocycles. The Labute approximate surface area is 87.6 Å². The molecule has 2 atom stereocenters. The topological polar surface area (TPSA) is 38.5 Å². The van der Waals surface area contributed by atoms with Crippen LogP contribution in [-0.4, -0.2) is 43.8 Å². The van der Waals surface area contributed by atoms with Crippen LogP contribution in [0.1, 0.15) is 26.7 Å². The van der Waals surface area contributed by atoms with Crippen molar-refractivity contribution in [1.29, 1.82) is 0 Å². The van der Waals surface area contributed by atoms with Gasteiger partial charge in [0.15, 0.2) is 0 Å². The SMILES string of the molecule is CN(C)C(C)(C)C(N)C1CCCOC1. The molecule has 0 radical (unpaired) electrons. The highest BCUT2D eigenvalue weighted by Gasteiger charge is 2.35. The Balaban J connectivity index is 2.57. The van der Waals surface area contributed by atoms with Gasteiger partial charge >= 0.3 is 0 Å². The van der Waals surface area contributed by atoms with Crippen molar-refractivity contribution in [2.45, 2.75) is 38.3 Å². The van der Waals surface area contributed by atoms with Crippen molar-refractivity contribution >= 4 is 0 Å². The van der Waals surface area contributed by atoms with Gasteiger partial charge in [0.2, 0.25) is 0 Å². The third-order valence-corrected chi connectivity index (χ3v) is 3.67. The van der Waals surface area contributed by atoms with Gasteiger partial charge in [-0.1, -0.05) is 0 Å². The molecule has 1 fully saturated rings. The quantitative estimate of drug-likeness (QED) is 0.741. The first-order valence-corrected chi connectivity index (χ1v) is 5.47. The van der Waals surface area contributed by atoms with Crippen molar-refractivity contribution in [3.05, 3.63) is 0 Å². The van der Waals surface area contributed by atoms with Crippen LogP contribution in [0.3, 0.4) is 0 Å². The highest BCUT2D eigenvalue weighted by Crippen LogP contribution is 2.25. The Morgan fingerprint density at radius 3 is 2.50 bits per heavy atom. The molecular weight excluding hydrogens is 176 g/mol. The average molecular weight is 200 g/mol. The largest absolute Gasteiger partial charge is 0.381 e. The van der Waals surface area contributed by atoms with Crippen LogP contribution in [0.4, 0.5) is 0 Å². The fourth-order valence-electron chi connectivity index (χ4n) is 1.92. The fourth-order valence-corrected chi connectivity index (χ4v) is 1.92. The molecule has 84 valence electrons. The number of nitrogens with zero attached hydrogens (tertiary/aromatic N) is 1. The first-order chi connectivity index (χ1) is 6.46. The number of nitrogens with two attached hydrogens (primary N) is 1. The monoisotopic (exact) mass is 200 g/mol. The molecule has 0 aromatic carbocycles. The molecule has 1 aliphatic rings. The highest BCUT2D eigenvalue weighted by molar-refractivity contribution is 4.93. The van der Waals surface area contributed by atoms with E-state index in [1.807, 2.05) is 0 Å². The molecular formula is C11H24N2O. The fraction of sp³-hybridized carbons (Fsp3) is 1.00. The second-order valence-electron chi connectivity index (χ2n) is 5.05. The van der Waals surface area contributed by atoms with Gasteiger partial charge in [0, 0.05) is 18.2 Å². The van der Waals surface area contributed by atoms with Gasteiger partial charge in [-0.25, -0.2) is 0 Å². The molecule has 0 aliphatic carbocycles. The van der Waals surface area contributed by atoms with Crippen LogP contribution in [0.5, 0.6) is 0 Å². The van der Waals surface area contributed by atoms with Crippen molar-refractivity contribution in [3.63, 3.8) is 0 Å². The zero-order valence-electron chi connectivity index (χ0n) is 9.92. The average Bonchev–Trinajstić information content (AvgIpc) is 2.17. The maximum absolute atomic E-state index is 6.31. The summed E-state index contributed by atoms with van der Waals surface area (Å²) in [4.78, 5) is 2.20. The molecule has 1 heterocycles. The Morgan fingerprint density at radius 1 is 1.43 bits per heavy atom. The molecule has 0 aromatic rings. The third kappa shape index (κ3) is 2.47. The molecule has 3 nitrogen and oxygen atoms in total. The van der Waals surface area contributed by atoms with Gasteiger partial charge in [-0.05, 0) is 46.7 Å². The first kappa shape index (κ1) is 12.0. The van der Waals surface area contributed by atoms with Crippen LogP contribution in [0, 0.1) is 5.92 Å². The minimum Gasteiger partial charge on any atom is -0.381 e. The van der Waals surface area contributed by atoms with E-state index in [4.69, 9.17) is 10.5 Å². The summed E-state index contributed by atoms with van der Waals surface area (Å²) < 4.78 is 5.48. The molecule has 0 aromatic heterocycles. The number of hydrogen-bond donors (Lipinski definition) is 1. The number of ether oxygens (including phenoxy) is 1. The summed E-state index contributed by atoms with van der Waals surface area (Å²) in [5, 5.41) is 0. The van der Waals surface area contributed by atoms with E-state index in [2.05, 4.69) is 32.8 Å². The van der Waals surface area contributed by atoms with Gasteiger partial charge in [0.25, 0.3) is 0 Å². The summed E-state index contributed by atoms with van der Waals surface area (Å²) in [6.07, 6.45) is 2.36. The van der Waals surface area contributed by atoms with Crippen LogP contribution in [0.25, 0.3) is 0 Å². The second-order valence-corrected chi connectivity index (χ2v) is 5.05. The van der Waals surface area contributed by atoms with Crippen LogP contribution in [0.15, 0.2) is 0 Å². The number of likely N-dealkylation sites (N-methyl/N-ethyl adjacent to an activating group) is 1. The minimum atomic E-state index is 0.0470. The van der Waals surface area contributed by atoms with E-state index in [1.54, 1.807) is 0 Å². The predicted molar refractivity (Wildman–Crippen MR) is 59.3 cm³/mol. The number of hydrogen-bond acceptors (Lipinski definition) is 3. The van der Waals surface area contributed by atoms with Crippen LogP contribution < -0.4 is 5.73 Å². The normalized spacial score (nSPS) is 26.6. The Bertz CT molecular complexity index is 174. The summed E-state index contributed by atoms with van der Waals surface area (Å²) in [5.74, 6) is 0.515. The maximum Gasteiger partial charge on any atom is 0.0509 e. The first-order valence-electron chi connectivity index (χ1n) is 5.47. The maximum atomic E-state index is 6.31. The number of rotatable bonds is 3. The molecule has 0 spiro atoms. The third-order valence-electron chi connectivity index (χ3n) is 3.67. The van der Waals surface area contributed by atoms with E-state index in [0.29, 0.717) is 5.92 Å². The van der Waals surface area contributed by atoms with Crippen molar-refractivity contribution in [1.82, 2.24) is 4.90 Å². The van der Waals surface area contributed by atoms with Gasteiger partial charge in [0.1, 0.15) is 0 Å². The van der Waals surface area contributed by atoms with Gasteiger partial charge in [0.05, 0.1) is 6.61 Å². The van der Waals surface area contributed by atoms with Gasteiger partial charge in [-0.15, -0.1) is 0 Å². The molecule has 2 unspecified atom stereocenters. The summed E-state index contributed by atoms with van der Waals surface area (Å²) in [6.45, 7) is 6.14. The Kier molecular flexibility index (Phi) is 3.93. The van der Waals surface area contributed by atoms with Crippen LogP contribution in [-0.2, 0) is 4.74 Å². The molecule has 1 rings (SSSR count). The zero-order chi connectivity index (χ0) is 10.8. The van der Waals surface area contributed by atoms with Crippen molar-refractivity contribution in [2.75, 3.05) is 27.3 Å². The summed E-state index contributed by atoms with van der Waals surface area (Å²) in [6, 6.07) is 0.192. The van der Waals surface area contributed by atoms with Crippen LogP contribution in [0.2, 0.25) is 0 Å². The molecule has 2 N–H and O–H groups in total. The van der Waals surface area contributed by atoms with E-state index in [-0.39, 0.29) is 11.6 Å². The van der Waals surface area contributed by atoms with E-state index >= 15 is 0 Å². The Hall–Kier alpha value is -0.120. The minimum absolute atomic E-state index is 0.0470. The molecule has 0 saturated carbocycles. The zero-order valence-corrected chi connectivity index (χ0v) is 9.92. The summed E-state index contributed by atoms with van der Waals surface area (Å²) in [5.41, 5.74) is 6.35. The highest BCUT2D eigenvalue weighted by atomic mass is 16.5. The standard InChI is InChI=1S/C11H24N2O/c1-11(2,13(3)4)10(12)9-6-5-7-14-8-9/h9-10H,5-8,12H2,1-4H3. The van der Waals surface area contributed by atoms with E-state index < -0.39 is 0 Å². The van der Waals surface area contributed by atoms with Gasteiger partial charge < -0.3 is 15.4 Å².